The van der Waals surface area contributed by atoms with Crippen molar-refractivity contribution in [2.75, 3.05) is 18.8 Å². The van der Waals surface area contributed by atoms with E-state index in [-0.39, 0.29) is 6.04 Å². The average Bonchev–Trinajstić information content (AvgIpc) is 2.92. The van der Waals surface area contributed by atoms with Gasteiger partial charge in [-0.2, -0.15) is 0 Å². The van der Waals surface area contributed by atoms with E-state index in [0.717, 1.165) is 0 Å². The summed E-state index contributed by atoms with van der Waals surface area (Å²) in [5.41, 5.74) is 5.30. The van der Waals surface area contributed by atoms with Crippen molar-refractivity contribution >= 4 is 16.0 Å². The number of carbonyl (C=O) groups is 1. The van der Waals surface area contributed by atoms with Crippen LogP contribution < -0.4 is 5.73 Å². The van der Waals surface area contributed by atoms with Gasteiger partial charge in [0.05, 0.1) is 12.1 Å². The first-order valence-corrected chi connectivity index (χ1v) is 7.95. The molecule has 3 N–H and O–H groups in total. The molecule has 0 bridgehead atoms. The summed E-state index contributed by atoms with van der Waals surface area (Å²) >= 11 is 0. The van der Waals surface area contributed by atoms with Crippen LogP contribution in [0.4, 0.5) is 0 Å². The van der Waals surface area contributed by atoms with Gasteiger partial charge in [-0.3, -0.25) is 4.79 Å². The van der Waals surface area contributed by atoms with E-state index >= 15 is 0 Å². The number of piperidine rings is 1. The van der Waals surface area contributed by atoms with E-state index in [1.807, 2.05) is 10.8 Å². The van der Waals surface area contributed by atoms with Crippen LogP contribution in [0, 0.1) is 0 Å². The van der Waals surface area contributed by atoms with Gasteiger partial charge in [-0.05, 0) is 12.8 Å². The van der Waals surface area contributed by atoms with Crippen LogP contribution in [0.3, 0.4) is 0 Å². The molecule has 1 aliphatic heterocycles. The van der Waals surface area contributed by atoms with E-state index in [1.165, 1.54) is 4.31 Å². The van der Waals surface area contributed by atoms with E-state index in [0.29, 0.717) is 25.9 Å². The van der Waals surface area contributed by atoms with E-state index in [4.69, 9.17) is 10.8 Å². The topological polar surface area (TPSA) is 119 Å². The smallest absolute Gasteiger partial charge is 0.321 e. The van der Waals surface area contributed by atoms with Crippen LogP contribution in [0.5, 0.6) is 0 Å². The van der Waals surface area contributed by atoms with Crippen LogP contribution in [-0.2, 0) is 14.8 Å². The number of sulfonamides is 1. The summed E-state index contributed by atoms with van der Waals surface area (Å²) < 4.78 is 27.4. The summed E-state index contributed by atoms with van der Waals surface area (Å²) in [7, 11) is -3.62. The predicted molar refractivity (Wildman–Crippen MR) is 71.5 cm³/mol. The van der Waals surface area contributed by atoms with Crippen molar-refractivity contribution in [1.29, 1.82) is 0 Å². The van der Waals surface area contributed by atoms with Crippen molar-refractivity contribution in [1.82, 2.24) is 13.9 Å². The van der Waals surface area contributed by atoms with Crippen LogP contribution in [-0.4, -0.2) is 58.2 Å². The monoisotopic (exact) mass is 302 g/mol. The highest BCUT2D eigenvalue weighted by atomic mass is 32.2. The average molecular weight is 302 g/mol. The number of rotatable bonds is 5. The van der Waals surface area contributed by atoms with Gasteiger partial charge in [0.15, 0.2) is 0 Å². The summed E-state index contributed by atoms with van der Waals surface area (Å²) in [5.74, 6) is -1.86. The van der Waals surface area contributed by atoms with Gasteiger partial charge in [0, 0.05) is 31.5 Å². The van der Waals surface area contributed by atoms with Crippen LogP contribution in [0.2, 0.25) is 0 Å². The maximum absolute atomic E-state index is 12.1. The molecular weight excluding hydrogens is 284 g/mol. The van der Waals surface area contributed by atoms with Gasteiger partial charge in [-0.15, -0.1) is 0 Å². The zero-order valence-electron chi connectivity index (χ0n) is 10.9. The number of nitrogens with zero attached hydrogens (tertiary/aromatic N) is 3. The van der Waals surface area contributed by atoms with Gasteiger partial charge in [0.25, 0.3) is 0 Å². The van der Waals surface area contributed by atoms with Gasteiger partial charge in [0.1, 0.15) is 6.04 Å². The molecule has 2 heterocycles. The maximum atomic E-state index is 12.1. The Labute approximate surface area is 117 Å². The maximum Gasteiger partial charge on any atom is 0.321 e. The fourth-order valence-electron chi connectivity index (χ4n) is 2.31. The first kappa shape index (κ1) is 14.9. The van der Waals surface area contributed by atoms with Crippen LogP contribution in [0.15, 0.2) is 18.7 Å². The molecule has 0 amide bonds. The fraction of sp³-hybridized carbons (Fsp3) is 0.636. The van der Waals surface area contributed by atoms with Crippen molar-refractivity contribution in [2.24, 2.45) is 5.73 Å². The molecule has 0 aromatic carbocycles. The summed E-state index contributed by atoms with van der Waals surface area (Å²) in [6.45, 7) is 0.745. The summed E-state index contributed by atoms with van der Waals surface area (Å²) in [6.07, 6.45) is 6.62. The first-order chi connectivity index (χ1) is 9.40. The predicted octanol–water partition coefficient (Wildman–Crippen LogP) is -0.738. The molecule has 20 heavy (non-hydrogen) atoms. The fourth-order valence-corrected chi connectivity index (χ4v) is 3.88. The Bertz CT molecular complexity index is 549. The number of carboxylic acids is 1. The molecule has 1 atom stereocenters. The minimum atomic E-state index is -3.62. The zero-order chi connectivity index (χ0) is 14.8. The molecule has 9 heteroatoms. The molecule has 0 radical (unpaired) electrons. The molecule has 0 spiro atoms. The number of aromatic nitrogens is 2. The third-order valence-corrected chi connectivity index (χ3v) is 5.40. The molecule has 1 aliphatic rings. The molecule has 112 valence electrons. The molecule has 1 unspecified atom stereocenters. The summed E-state index contributed by atoms with van der Waals surface area (Å²) in [5, 5.41) is 8.69. The van der Waals surface area contributed by atoms with Crippen molar-refractivity contribution in [3.05, 3.63) is 18.7 Å². The van der Waals surface area contributed by atoms with Gasteiger partial charge in [-0.25, -0.2) is 17.7 Å². The second kappa shape index (κ2) is 5.90. The lowest BCUT2D eigenvalue weighted by Crippen LogP contribution is -2.46. The quantitative estimate of drug-likeness (QED) is 0.739. The Balaban J connectivity index is 1.94. The lowest BCUT2D eigenvalue weighted by Gasteiger charge is -2.32. The van der Waals surface area contributed by atoms with Crippen molar-refractivity contribution in [3.63, 3.8) is 0 Å². The third-order valence-electron chi connectivity index (χ3n) is 3.47. The lowest BCUT2D eigenvalue weighted by atomic mass is 10.1. The summed E-state index contributed by atoms with van der Waals surface area (Å²) in [4.78, 5) is 14.6. The Morgan fingerprint density at radius 1 is 1.45 bits per heavy atom. The minimum Gasteiger partial charge on any atom is -0.480 e. The molecular formula is C11H18N4O4S. The van der Waals surface area contributed by atoms with Crippen LogP contribution in [0.1, 0.15) is 18.9 Å². The Morgan fingerprint density at radius 2 is 2.10 bits per heavy atom. The Kier molecular flexibility index (Phi) is 4.41. The van der Waals surface area contributed by atoms with Crippen molar-refractivity contribution in [2.45, 2.75) is 24.9 Å². The lowest BCUT2D eigenvalue weighted by molar-refractivity contribution is -0.137. The van der Waals surface area contributed by atoms with Crippen LogP contribution in [0.25, 0.3) is 0 Å². The highest BCUT2D eigenvalue weighted by molar-refractivity contribution is 7.89. The largest absolute Gasteiger partial charge is 0.480 e. The number of hydrogen-bond acceptors (Lipinski definition) is 5. The third kappa shape index (κ3) is 3.35. The minimum absolute atomic E-state index is 0.233. The first-order valence-electron chi connectivity index (χ1n) is 6.34. The molecule has 1 aromatic heterocycles. The highest BCUT2D eigenvalue weighted by Gasteiger charge is 2.31. The molecule has 1 saturated heterocycles. The van der Waals surface area contributed by atoms with Crippen molar-refractivity contribution in [3.8, 4) is 0 Å². The van der Waals surface area contributed by atoms with Crippen molar-refractivity contribution < 1.29 is 18.3 Å². The second-order valence-electron chi connectivity index (χ2n) is 4.86. The number of aliphatic carboxylic acids is 1. The SMILES string of the molecule is NC(CS(=O)(=O)N1CCC(n2ccnc2)CC1)C(=O)O. The number of hydrogen-bond donors (Lipinski definition) is 2. The molecule has 0 aliphatic carbocycles. The normalized spacial score (nSPS) is 19.9. The standard InChI is InChI=1S/C11H18N4O4S/c12-10(11(16)17)7-20(18,19)15-4-1-9(2-5-15)14-6-3-13-8-14/h3,6,8-10H,1-2,4-5,7,12H2,(H,16,17). The number of imidazole rings is 1. The highest BCUT2D eigenvalue weighted by Crippen LogP contribution is 2.24. The Morgan fingerprint density at radius 3 is 2.60 bits per heavy atom. The molecule has 0 saturated carbocycles. The molecule has 8 nitrogen and oxygen atoms in total. The van der Waals surface area contributed by atoms with Gasteiger partial charge in [-0.1, -0.05) is 0 Å². The van der Waals surface area contributed by atoms with Crippen LogP contribution >= 0.6 is 0 Å². The number of nitrogens with two attached hydrogens (primary N) is 1. The number of carboxylic acid groups (broad SMARTS) is 1. The second-order valence-corrected chi connectivity index (χ2v) is 6.88. The Hall–Kier alpha value is -1.45. The molecule has 1 aromatic rings. The molecule has 1 fully saturated rings. The van der Waals surface area contributed by atoms with Gasteiger partial charge >= 0.3 is 5.97 Å². The van der Waals surface area contributed by atoms with Gasteiger partial charge in [0.2, 0.25) is 10.0 Å². The van der Waals surface area contributed by atoms with Gasteiger partial charge < -0.3 is 15.4 Å². The molecule has 2 rings (SSSR count). The summed E-state index contributed by atoms with van der Waals surface area (Å²) in [6, 6.07) is -1.15. The van der Waals surface area contributed by atoms with E-state index < -0.39 is 27.8 Å². The van der Waals surface area contributed by atoms with E-state index in [2.05, 4.69) is 4.98 Å². The van der Waals surface area contributed by atoms with E-state index in [1.54, 1.807) is 12.5 Å². The van der Waals surface area contributed by atoms with E-state index in [9.17, 15) is 13.2 Å². The zero-order valence-corrected chi connectivity index (χ0v) is 11.7.